The largest absolute Gasteiger partial charge is 0.461 e. The summed E-state index contributed by atoms with van der Waals surface area (Å²) in [5.74, 6) is 1.96. The Balaban J connectivity index is 1.61. The molecule has 0 spiro atoms. The molecule has 32 heavy (non-hydrogen) atoms. The van der Waals surface area contributed by atoms with Crippen molar-refractivity contribution in [3.05, 3.63) is 59.9 Å². The monoisotopic (exact) mass is 434 g/mol. The SMILES string of the molecule is CCOC(=O)c1cc(Nc2cccnc2Oc2ccccc2C(C)(C)C)nn1CC1CC1. The van der Waals surface area contributed by atoms with Gasteiger partial charge in [0.25, 0.3) is 0 Å². The van der Waals surface area contributed by atoms with Crippen molar-refractivity contribution in [3.63, 3.8) is 0 Å². The Bertz CT molecular complexity index is 1100. The molecule has 0 aliphatic heterocycles. The van der Waals surface area contributed by atoms with Crippen molar-refractivity contribution in [1.82, 2.24) is 14.8 Å². The molecule has 1 N–H and O–H groups in total. The quantitative estimate of drug-likeness (QED) is 0.458. The number of anilines is 2. The highest BCUT2D eigenvalue weighted by Gasteiger charge is 2.26. The summed E-state index contributed by atoms with van der Waals surface area (Å²) in [4.78, 5) is 16.9. The first-order chi connectivity index (χ1) is 15.3. The molecule has 1 saturated carbocycles. The summed E-state index contributed by atoms with van der Waals surface area (Å²) < 4.78 is 13.2. The van der Waals surface area contributed by atoms with E-state index in [9.17, 15) is 4.79 Å². The summed E-state index contributed by atoms with van der Waals surface area (Å²) in [5.41, 5.74) is 2.14. The van der Waals surface area contributed by atoms with Crippen LogP contribution in [0.3, 0.4) is 0 Å². The maximum absolute atomic E-state index is 12.4. The minimum absolute atomic E-state index is 0.0743. The summed E-state index contributed by atoms with van der Waals surface area (Å²) >= 11 is 0. The molecule has 168 valence electrons. The number of nitrogens with one attached hydrogen (secondary N) is 1. The van der Waals surface area contributed by atoms with E-state index in [0.717, 1.165) is 11.3 Å². The van der Waals surface area contributed by atoms with E-state index in [4.69, 9.17) is 9.47 Å². The molecule has 0 atom stereocenters. The van der Waals surface area contributed by atoms with Gasteiger partial charge in [0.1, 0.15) is 17.1 Å². The van der Waals surface area contributed by atoms with Gasteiger partial charge in [-0.25, -0.2) is 9.78 Å². The second kappa shape index (κ2) is 9.02. The first kappa shape index (κ1) is 21.9. The van der Waals surface area contributed by atoms with Gasteiger partial charge in [-0.15, -0.1) is 0 Å². The molecule has 1 fully saturated rings. The van der Waals surface area contributed by atoms with Crippen LogP contribution in [0.5, 0.6) is 11.6 Å². The number of ether oxygens (including phenoxy) is 2. The van der Waals surface area contributed by atoms with Crippen LogP contribution in [0.4, 0.5) is 11.5 Å². The van der Waals surface area contributed by atoms with Gasteiger partial charge < -0.3 is 14.8 Å². The smallest absolute Gasteiger partial charge is 0.356 e. The van der Waals surface area contributed by atoms with Crippen LogP contribution in [-0.2, 0) is 16.7 Å². The molecule has 2 aromatic heterocycles. The molecule has 0 unspecified atom stereocenters. The van der Waals surface area contributed by atoms with Crippen LogP contribution in [0.15, 0.2) is 48.7 Å². The molecule has 7 heteroatoms. The van der Waals surface area contributed by atoms with Crippen LogP contribution < -0.4 is 10.1 Å². The van der Waals surface area contributed by atoms with Crippen molar-refractivity contribution < 1.29 is 14.3 Å². The van der Waals surface area contributed by atoms with Gasteiger partial charge in [-0.2, -0.15) is 5.10 Å². The number of carbonyl (C=O) groups excluding carboxylic acids is 1. The van der Waals surface area contributed by atoms with Crippen molar-refractivity contribution in [3.8, 4) is 11.6 Å². The van der Waals surface area contributed by atoms with E-state index in [0.29, 0.717) is 42.1 Å². The van der Waals surface area contributed by atoms with Crippen molar-refractivity contribution in [2.24, 2.45) is 5.92 Å². The molecule has 0 amide bonds. The number of benzene rings is 1. The van der Waals surface area contributed by atoms with Crippen molar-refractivity contribution >= 4 is 17.5 Å². The Labute approximate surface area is 188 Å². The maximum atomic E-state index is 12.4. The summed E-state index contributed by atoms with van der Waals surface area (Å²) in [6.07, 6.45) is 4.02. The van der Waals surface area contributed by atoms with Gasteiger partial charge in [-0.05, 0) is 49.3 Å². The number of aromatic nitrogens is 3. The van der Waals surface area contributed by atoms with E-state index in [1.807, 2.05) is 30.3 Å². The highest BCUT2D eigenvalue weighted by molar-refractivity contribution is 5.88. The van der Waals surface area contributed by atoms with Gasteiger partial charge in [0.05, 0.1) is 6.61 Å². The van der Waals surface area contributed by atoms with E-state index in [-0.39, 0.29) is 11.4 Å². The van der Waals surface area contributed by atoms with Crippen molar-refractivity contribution in [2.75, 3.05) is 11.9 Å². The second-order valence-corrected chi connectivity index (χ2v) is 9.09. The minimum Gasteiger partial charge on any atom is -0.461 e. The molecule has 1 aromatic carbocycles. The first-order valence-electron chi connectivity index (χ1n) is 11.1. The molecule has 1 aliphatic rings. The van der Waals surface area contributed by atoms with Gasteiger partial charge >= 0.3 is 5.97 Å². The van der Waals surface area contributed by atoms with E-state index < -0.39 is 0 Å². The van der Waals surface area contributed by atoms with Crippen molar-refractivity contribution in [2.45, 2.75) is 52.5 Å². The van der Waals surface area contributed by atoms with Crippen LogP contribution >= 0.6 is 0 Å². The molecule has 0 bridgehead atoms. The van der Waals surface area contributed by atoms with Gasteiger partial charge in [0.15, 0.2) is 5.82 Å². The lowest BCUT2D eigenvalue weighted by molar-refractivity contribution is 0.0511. The predicted molar refractivity (Wildman–Crippen MR) is 124 cm³/mol. The molecule has 2 heterocycles. The Kier molecular flexibility index (Phi) is 6.17. The number of nitrogens with zero attached hydrogens (tertiary/aromatic N) is 3. The Morgan fingerprint density at radius 1 is 1.19 bits per heavy atom. The number of hydrogen-bond acceptors (Lipinski definition) is 6. The average molecular weight is 435 g/mol. The topological polar surface area (TPSA) is 78.3 Å². The van der Waals surface area contributed by atoms with E-state index in [2.05, 4.69) is 42.2 Å². The second-order valence-electron chi connectivity index (χ2n) is 9.09. The van der Waals surface area contributed by atoms with Gasteiger partial charge in [0, 0.05) is 24.4 Å². The Morgan fingerprint density at radius 3 is 2.69 bits per heavy atom. The zero-order valence-corrected chi connectivity index (χ0v) is 19.1. The molecule has 7 nitrogen and oxygen atoms in total. The lowest BCUT2D eigenvalue weighted by Gasteiger charge is -2.22. The lowest BCUT2D eigenvalue weighted by Crippen LogP contribution is -2.14. The third-order valence-electron chi connectivity index (χ3n) is 5.33. The van der Waals surface area contributed by atoms with Crippen LogP contribution in [0, 0.1) is 5.92 Å². The normalized spacial score (nSPS) is 13.6. The van der Waals surface area contributed by atoms with Gasteiger partial charge in [-0.1, -0.05) is 39.0 Å². The summed E-state index contributed by atoms with van der Waals surface area (Å²) in [6.45, 7) is 9.28. The number of hydrogen-bond donors (Lipinski definition) is 1. The number of rotatable bonds is 8. The Hall–Kier alpha value is -3.35. The van der Waals surface area contributed by atoms with Crippen LogP contribution in [0.1, 0.15) is 56.6 Å². The zero-order valence-electron chi connectivity index (χ0n) is 19.1. The van der Waals surface area contributed by atoms with Crippen molar-refractivity contribution in [1.29, 1.82) is 0 Å². The zero-order chi connectivity index (χ0) is 22.7. The fraction of sp³-hybridized carbons (Fsp3) is 0.400. The average Bonchev–Trinajstić information content (AvgIpc) is 3.48. The highest BCUT2D eigenvalue weighted by Crippen LogP contribution is 2.36. The van der Waals surface area contributed by atoms with E-state index in [1.54, 1.807) is 23.9 Å². The summed E-state index contributed by atoms with van der Waals surface area (Å²) in [6, 6.07) is 13.4. The molecule has 1 aliphatic carbocycles. The predicted octanol–water partition coefficient (Wildman–Crippen LogP) is 5.70. The third-order valence-corrected chi connectivity index (χ3v) is 5.33. The van der Waals surface area contributed by atoms with Gasteiger partial charge in [0.2, 0.25) is 5.88 Å². The van der Waals surface area contributed by atoms with Crippen LogP contribution in [0.2, 0.25) is 0 Å². The minimum atomic E-state index is -0.365. The highest BCUT2D eigenvalue weighted by atomic mass is 16.5. The number of pyridine rings is 1. The Morgan fingerprint density at radius 2 is 1.97 bits per heavy atom. The molecular weight excluding hydrogens is 404 g/mol. The standard InChI is InChI=1S/C25H30N4O3/c1-5-31-24(30)20-15-22(28-29(20)16-17-12-13-17)27-19-10-8-14-26-23(19)32-21-11-7-6-9-18(21)25(2,3)4/h6-11,14-15,17H,5,12-13,16H2,1-4H3,(H,27,28). The maximum Gasteiger partial charge on any atom is 0.356 e. The molecule has 3 aromatic rings. The first-order valence-corrected chi connectivity index (χ1v) is 11.1. The molecule has 0 saturated heterocycles. The van der Waals surface area contributed by atoms with E-state index >= 15 is 0 Å². The fourth-order valence-electron chi connectivity index (χ4n) is 3.52. The van der Waals surface area contributed by atoms with Crippen LogP contribution in [-0.4, -0.2) is 27.3 Å². The van der Waals surface area contributed by atoms with E-state index in [1.165, 1.54) is 12.8 Å². The number of para-hydroxylation sites is 1. The molecular formula is C25H30N4O3. The third kappa shape index (κ3) is 5.10. The lowest BCUT2D eigenvalue weighted by atomic mass is 9.86. The summed E-state index contributed by atoms with van der Waals surface area (Å²) in [7, 11) is 0. The fourth-order valence-corrected chi connectivity index (χ4v) is 3.52. The van der Waals surface area contributed by atoms with Crippen LogP contribution in [0.25, 0.3) is 0 Å². The number of carbonyl (C=O) groups is 1. The number of esters is 1. The molecule has 4 rings (SSSR count). The molecule has 0 radical (unpaired) electrons. The summed E-state index contributed by atoms with van der Waals surface area (Å²) in [5, 5.41) is 7.89. The van der Waals surface area contributed by atoms with Gasteiger partial charge in [-0.3, -0.25) is 4.68 Å².